The fourth-order valence-electron chi connectivity index (χ4n) is 2.33. The van der Waals surface area contributed by atoms with Crippen LogP contribution in [0.1, 0.15) is 47.0 Å². The van der Waals surface area contributed by atoms with E-state index in [1.165, 1.54) is 12.8 Å². The van der Waals surface area contributed by atoms with Crippen molar-refractivity contribution >= 4 is 5.91 Å². The molecular formula is C14H29N3O. The standard InChI is InChI=1S/C14H29N3O/c1-5-14(3,4)16-13(18)11-17(6-2)12-8-7-9-15-10-12/h12,15H,5-11H2,1-4H3,(H,16,18). The molecule has 1 fully saturated rings. The molecule has 1 aliphatic heterocycles. The highest BCUT2D eigenvalue weighted by molar-refractivity contribution is 5.78. The molecule has 1 amide bonds. The number of hydrogen-bond donors (Lipinski definition) is 2. The molecule has 0 aromatic heterocycles. The molecule has 1 atom stereocenters. The van der Waals surface area contributed by atoms with Crippen molar-refractivity contribution in [1.29, 1.82) is 0 Å². The van der Waals surface area contributed by atoms with Gasteiger partial charge in [-0.2, -0.15) is 0 Å². The molecule has 1 heterocycles. The molecule has 1 unspecified atom stereocenters. The monoisotopic (exact) mass is 255 g/mol. The smallest absolute Gasteiger partial charge is 0.234 e. The Balaban J connectivity index is 2.44. The van der Waals surface area contributed by atoms with E-state index in [4.69, 9.17) is 0 Å². The van der Waals surface area contributed by atoms with Gasteiger partial charge in [0.25, 0.3) is 0 Å². The summed E-state index contributed by atoms with van der Waals surface area (Å²) in [5.41, 5.74) is -0.0959. The zero-order valence-corrected chi connectivity index (χ0v) is 12.4. The number of rotatable bonds is 6. The summed E-state index contributed by atoms with van der Waals surface area (Å²) in [4.78, 5) is 14.3. The van der Waals surface area contributed by atoms with Crippen molar-refractivity contribution in [3.8, 4) is 0 Å². The zero-order valence-electron chi connectivity index (χ0n) is 12.4. The Hall–Kier alpha value is -0.610. The zero-order chi connectivity index (χ0) is 13.6. The topological polar surface area (TPSA) is 44.4 Å². The first-order valence-electron chi connectivity index (χ1n) is 7.24. The van der Waals surface area contributed by atoms with Gasteiger partial charge in [-0.3, -0.25) is 9.69 Å². The number of likely N-dealkylation sites (N-methyl/N-ethyl adjacent to an activating group) is 1. The maximum atomic E-state index is 12.1. The summed E-state index contributed by atoms with van der Waals surface area (Å²) in [6.07, 6.45) is 3.37. The maximum absolute atomic E-state index is 12.1. The number of carbonyl (C=O) groups excluding carboxylic acids is 1. The third-order valence-electron chi connectivity index (χ3n) is 3.90. The molecule has 1 rings (SSSR count). The van der Waals surface area contributed by atoms with E-state index in [9.17, 15) is 4.79 Å². The molecule has 0 aromatic rings. The largest absolute Gasteiger partial charge is 0.350 e. The van der Waals surface area contributed by atoms with Crippen molar-refractivity contribution in [1.82, 2.24) is 15.5 Å². The highest BCUT2D eigenvalue weighted by atomic mass is 16.2. The third-order valence-corrected chi connectivity index (χ3v) is 3.90. The minimum absolute atomic E-state index is 0.0959. The summed E-state index contributed by atoms with van der Waals surface area (Å²) < 4.78 is 0. The summed E-state index contributed by atoms with van der Waals surface area (Å²) >= 11 is 0. The summed E-state index contributed by atoms with van der Waals surface area (Å²) in [5, 5.41) is 6.52. The molecule has 4 heteroatoms. The molecule has 0 saturated carbocycles. The fraction of sp³-hybridized carbons (Fsp3) is 0.929. The fourth-order valence-corrected chi connectivity index (χ4v) is 2.33. The number of nitrogens with zero attached hydrogens (tertiary/aromatic N) is 1. The lowest BCUT2D eigenvalue weighted by Crippen LogP contribution is -2.52. The molecule has 0 aliphatic carbocycles. The van der Waals surface area contributed by atoms with Crippen LogP contribution in [0.15, 0.2) is 0 Å². The summed E-state index contributed by atoms with van der Waals surface area (Å²) in [5.74, 6) is 0.147. The van der Waals surface area contributed by atoms with Gasteiger partial charge in [0.05, 0.1) is 6.54 Å². The SMILES string of the molecule is CCN(CC(=O)NC(C)(C)CC)C1CCCNC1. The normalized spacial score (nSPS) is 21.1. The first kappa shape index (κ1) is 15.4. The van der Waals surface area contributed by atoms with Crippen molar-refractivity contribution in [3.63, 3.8) is 0 Å². The highest BCUT2D eigenvalue weighted by Crippen LogP contribution is 2.11. The number of nitrogens with one attached hydrogen (secondary N) is 2. The quantitative estimate of drug-likeness (QED) is 0.753. The van der Waals surface area contributed by atoms with Crippen LogP contribution in [-0.2, 0) is 4.79 Å². The van der Waals surface area contributed by atoms with Crippen LogP contribution in [0.5, 0.6) is 0 Å². The van der Waals surface area contributed by atoms with Gasteiger partial charge in [0.2, 0.25) is 5.91 Å². The molecule has 1 saturated heterocycles. The molecule has 0 aromatic carbocycles. The van der Waals surface area contributed by atoms with Crippen LogP contribution in [0.2, 0.25) is 0 Å². The van der Waals surface area contributed by atoms with E-state index in [2.05, 4.69) is 43.2 Å². The molecule has 106 valence electrons. The van der Waals surface area contributed by atoms with Gasteiger partial charge in [-0.25, -0.2) is 0 Å². The van der Waals surface area contributed by atoms with Crippen LogP contribution >= 0.6 is 0 Å². The van der Waals surface area contributed by atoms with Crippen LogP contribution < -0.4 is 10.6 Å². The van der Waals surface area contributed by atoms with Gasteiger partial charge in [0.15, 0.2) is 0 Å². The van der Waals surface area contributed by atoms with Gasteiger partial charge in [-0.1, -0.05) is 13.8 Å². The Labute approximate surface area is 111 Å². The van der Waals surface area contributed by atoms with Crippen molar-refractivity contribution in [3.05, 3.63) is 0 Å². The van der Waals surface area contributed by atoms with Gasteiger partial charge < -0.3 is 10.6 Å². The third kappa shape index (κ3) is 4.94. The minimum Gasteiger partial charge on any atom is -0.350 e. The Bertz CT molecular complexity index is 260. The average Bonchev–Trinajstić information content (AvgIpc) is 2.36. The van der Waals surface area contributed by atoms with E-state index < -0.39 is 0 Å². The molecule has 4 nitrogen and oxygen atoms in total. The van der Waals surface area contributed by atoms with E-state index in [0.29, 0.717) is 12.6 Å². The second-order valence-corrected chi connectivity index (χ2v) is 5.85. The first-order valence-corrected chi connectivity index (χ1v) is 7.24. The highest BCUT2D eigenvalue weighted by Gasteiger charge is 2.24. The van der Waals surface area contributed by atoms with Gasteiger partial charge in [-0.15, -0.1) is 0 Å². The van der Waals surface area contributed by atoms with Crippen molar-refractivity contribution in [2.75, 3.05) is 26.2 Å². The summed E-state index contributed by atoms with van der Waals surface area (Å²) in [6.45, 7) is 12.0. The van der Waals surface area contributed by atoms with Crippen LogP contribution in [0, 0.1) is 0 Å². The first-order chi connectivity index (χ1) is 8.48. The van der Waals surface area contributed by atoms with Gasteiger partial charge >= 0.3 is 0 Å². The molecule has 0 bridgehead atoms. The Morgan fingerprint density at radius 2 is 2.17 bits per heavy atom. The van der Waals surface area contributed by atoms with Crippen LogP contribution in [-0.4, -0.2) is 48.6 Å². The molecule has 0 radical (unpaired) electrons. The molecule has 18 heavy (non-hydrogen) atoms. The predicted octanol–water partition coefficient (Wildman–Crippen LogP) is 1.37. The van der Waals surface area contributed by atoms with Crippen molar-refractivity contribution in [2.24, 2.45) is 0 Å². The second kappa shape index (κ2) is 7.10. The molecule has 1 aliphatic rings. The number of hydrogen-bond acceptors (Lipinski definition) is 3. The molecule has 2 N–H and O–H groups in total. The number of amides is 1. The van der Waals surface area contributed by atoms with E-state index in [0.717, 1.165) is 26.1 Å². The minimum atomic E-state index is -0.0959. The van der Waals surface area contributed by atoms with Crippen LogP contribution in [0.25, 0.3) is 0 Å². The van der Waals surface area contributed by atoms with E-state index in [1.807, 2.05) is 0 Å². The average molecular weight is 255 g/mol. The van der Waals surface area contributed by atoms with Gasteiger partial charge in [-0.05, 0) is 46.2 Å². The van der Waals surface area contributed by atoms with Crippen LogP contribution in [0.4, 0.5) is 0 Å². The lowest BCUT2D eigenvalue weighted by atomic mass is 10.0. The molecule has 0 spiro atoms. The van der Waals surface area contributed by atoms with Gasteiger partial charge in [0, 0.05) is 18.1 Å². The second-order valence-electron chi connectivity index (χ2n) is 5.85. The Morgan fingerprint density at radius 1 is 1.44 bits per heavy atom. The summed E-state index contributed by atoms with van der Waals surface area (Å²) in [7, 11) is 0. The van der Waals surface area contributed by atoms with Crippen LogP contribution in [0.3, 0.4) is 0 Å². The number of piperidine rings is 1. The van der Waals surface area contributed by atoms with Crippen molar-refractivity contribution in [2.45, 2.75) is 58.5 Å². The van der Waals surface area contributed by atoms with Crippen molar-refractivity contribution < 1.29 is 4.79 Å². The Morgan fingerprint density at radius 3 is 2.67 bits per heavy atom. The lowest BCUT2D eigenvalue weighted by molar-refractivity contribution is -0.124. The van der Waals surface area contributed by atoms with E-state index >= 15 is 0 Å². The lowest BCUT2D eigenvalue weighted by Gasteiger charge is -2.34. The number of carbonyl (C=O) groups is 1. The maximum Gasteiger partial charge on any atom is 0.234 e. The Kier molecular flexibility index (Phi) is 6.09. The van der Waals surface area contributed by atoms with E-state index in [-0.39, 0.29) is 11.4 Å². The van der Waals surface area contributed by atoms with Gasteiger partial charge in [0.1, 0.15) is 0 Å². The summed E-state index contributed by atoms with van der Waals surface area (Å²) in [6, 6.07) is 0.513. The van der Waals surface area contributed by atoms with E-state index in [1.54, 1.807) is 0 Å². The molecular weight excluding hydrogens is 226 g/mol. The predicted molar refractivity (Wildman–Crippen MR) is 75.7 cm³/mol.